The van der Waals surface area contributed by atoms with Gasteiger partial charge in [-0.25, -0.2) is 15.0 Å². The van der Waals surface area contributed by atoms with Gasteiger partial charge in [0.15, 0.2) is 0 Å². The first-order valence-electron chi connectivity index (χ1n) is 7.13. The third-order valence-electron chi connectivity index (χ3n) is 3.16. The number of hydrogen-bond acceptors (Lipinski definition) is 5. The first-order valence-corrected chi connectivity index (χ1v) is 7.13. The molecule has 0 unspecified atom stereocenters. The number of nitrogens with one attached hydrogen (secondary N) is 1. The van der Waals surface area contributed by atoms with E-state index in [1.807, 2.05) is 50.2 Å². The van der Waals surface area contributed by atoms with Gasteiger partial charge in [-0.1, -0.05) is 30.3 Å². The van der Waals surface area contributed by atoms with Gasteiger partial charge in [0.25, 0.3) is 5.91 Å². The second-order valence-electron chi connectivity index (χ2n) is 5.08. The van der Waals surface area contributed by atoms with E-state index in [0.29, 0.717) is 0 Å². The summed E-state index contributed by atoms with van der Waals surface area (Å²) in [6, 6.07) is 11.6. The molecule has 0 aliphatic carbocycles. The third kappa shape index (κ3) is 3.55. The van der Waals surface area contributed by atoms with Crippen molar-refractivity contribution in [3.05, 3.63) is 65.9 Å². The van der Waals surface area contributed by atoms with Gasteiger partial charge in [0.2, 0.25) is 5.95 Å². The molecule has 1 aromatic carbocycles. The minimum absolute atomic E-state index is 0.224. The number of carbonyl (C=O) groups is 1. The monoisotopic (exact) mass is 305 g/mol. The minimum atomic E-state index is -0.387. The topological polar surface area (TPSA) is 80.7 Å². The summed E-state index contributed by atoms with van der Waals surface area (Å²) in [6.45, 7) is 3.67. The highest BCUT2D eigenvalue weighted by molar-refractivity contribution is 6.01. The Balaban J connectivity index is 1.87. The zero-order chi connectivity index (χ0) is 16.2. The average Bonchev–Trinajstić information content (AvgIpc) is 2.55. The Hall–Kier alpha value is -3.15. The summed E-state index contributed by atoms with van der Waals surface area (Å²) in [4.78, 5) is 28.9. The molecule has 2 aromatic heterocycles. The number of hydrogen-bond donors (Lipinski definition) is 1. The molecule has 1 amide bonds. The molecule has 0 fully saturated rings. The summed E-state index contributed by atoms with van der Waals surface area (Å²) in [5, 5.41) is 2.66. The van der Waals surface area contributed by atoms with E-state index in [1.54, 1.807) is 6.20 Å². The van der Waals surface area contributed by atoms with Gasteiger partial charge in [-0.2, -0.15) is 0 Å². The molecule has 114 valence electrons. The number of nitrogens with zero attached hydrogens (tertiary/aromatic N) is 4. The Labute approximate surface area is 133 Å². The largest absolute Gasteiger partial charge is 0.289 e. The number of benzene rings is 1. The highest BCUT2D eigenvalue weighted by Crippen LogP contribution is 2.18. The Morgan fingerprint density at radius 2 is 1.74 bits per heavy atom. The number of anilines is 1. The first-order chi connectivity index (χ1) is 11.1. The quantitative estimate of drug-likeness (QED) is 0.804. The Kier molecular flexibility index (Phi) is 4.05. The lowest BCUT2D eigenvalue weighted by Crippen LogP contribution is -2.16. The fraction of sp³-hybridized carbons (Fsp3) is 0.118. The maximum atomic E-state index is 12.2. The SMILES string of the molecule is Cc1cnc(C(=O)Nc2nc(C)cc(-c3ccccc3)n2)cn1. The number of amides is 1. The molecule has 2 heterocycles. The summed E-state index contributed by atoms with van der Waals surface area (Å²) in [5.41, 5.74) is 3.46. The highest BCUT2D eigenvalue weighted by Gasteiger charge is 2.11. The van der Waals surface area contributed by atoms with E-state index in [2.05, 4.69) is 25.3 Å². The predicted molar refractivity (Wildman–Crippen MR) is 86.9 cm³/mol. The van der Waals surface area contributed by atoms with Crippen LogP contribution in [-0.4, -0.2) is 25.8 Å². The fourth-order valence-electron chi connectivity index (χ4n) is 2.06. The highest BCUT2D eigenvalue weighted by atomic mass is 16.2. The van der Waals surface area contributed by atoms with Crippen LogP contribution in [0.3, 0.4) is 0 Å². The van der Waals surface area contributed by atoms with Crippen molar-refractivity contribution >= 4 is 11.9 Å². The Bertz CT molecular complexity index is 831. The molecule has 0 aliphatic heterocycles. The standard InChI is InChI=1S/C17H15N5O/c1-11-8-14(13-6-4-3-5-7-13)21-17(20-11)22-16(23)15-10-18-12(2)9-19-15/h3-10H,1-2H3,(H,20,21,22,23). The van der Waals surface area contributed by atoms with Crippen LogP contribution >= 0.6 is 0 Å². The van der Waals surface area contributed by atoms with Gasteiger partial charge < -0.3 is 0 Å². The summed E-state index contributed by atoms with van der Waals surface area (Å²) in [6.07, 6.45) is 2.97. The molecule has 0 saturated heterocycles. The van der Waals surface area contributed by atoms with Crippen molar-refractivity contribution in [2.45, 2.75) is 13.8 Å². The van der Waals surface area contributed by atoms with Crippen molar-refractivity contribution in [3.63, 3.8) is 0 Å². The van der Waals surface area contributed by atoms with Crippen molar-refractivity contribution in [2.75, 3.05) is 5.32 Å². The van der Waals surface area contributed by atoms with Gasteiger partial charge in [0.1, 0.15) is 5.69 Å². The molecule has 3 rings (SSSR count). The fourth-order valence-corrected chi connectivity index (χ4v) is 2.06. The summed E-state index contributed by atoms with van der Waals surface area (Å²) < 4.78 is 0. The molecule has 0 saturated carbocycles. The molecule has 23 heavy (non-hydrogen) atoms. The van der Waals surface area contributed by atoms with Gasteiger partial charge in [-0.05, 0) is 19.9 Å². The van der Waals surface area contributed by atoms with Crippen LogP contribution in [-0.2, 0) is 0 Å². The normalized spacial score (nSPS) is 10.3. The molecule has 6 nitrogen and oxygen atoms in total. The molecule has 0 atom stereocenters. The molecule has 0 bridgehead atoms. The third-order valence-corrected chi connectivity index (χ3v) is 3.16. The molecular formula is C17H15N5O. The maximum absolute atomic E-state index is 12.2. The lowest BCUT2D eigenvalue weighted by Gasteiger charge is -2.07. The van der Waals surface area contributed by atoms with Crippen molar-refractivity contribution in [2.24, 2.45) is 0 Å². The molecule has 0 aliphatic rings. The number of aromatic nitrogens is 4. The number of carbonyl (C=O) groups excluding carboxylic acids is 1. The van der Waals surface area contributed by atoms with E-state index < -0.39 is 0 Å². The predicted octanol–water partition coefficient (Wildman–Crippen LogP) is 2.80. The van der Waals surface area contributed by atoms with Crippen LogP contribution in [0.15, 0.2) is 48.8 Å². The van der Waals surface area contributed by atoms with Crippen LogP contribution in [0.2, 0.25) is 0 Å². The summed E-state index contributed by atoms with van der Waals surface area (Å²) in [7, 11) is 0. The van der Waals surface area contributed by atoms with Crippen LogP contribution in [0, 0.1) is 13.8 Å². The van der Waals surface area contributed by atoms with Crippen LogP contribution in [0.4, 0.5) is 5.95 Å². The van der Waals surface area contributed by atoms with Gasteiger partial charge in [0, 0.05) is 17.5 Å². The molecular weight excluding hydrogens is 290 g/mol. The van der Waals surface area contributed by atoms with E-state index in [9.17, 15) is 4.79 Å². The molecule has 0 spiro atoms. The van der Waals surface area contributed by atoms with E-state index in [0.717, 1.165) is 22.6 Å². The van der Waals surface area contributed by atoms with Gasteiger partial charge in [0.05, 0.1) is 17.6 Å². The Morgan fingerprint density at radius 1 is 0.957 bits per heavy atom. The second kappa shape index (κ2) is 6.31. The van der Waals surface area contributed by atoms with E-state index in [4.69, 9.17) is 0 Å². The summed E-state index contributed by atoms with van der Waals surface area (Å²) in [5.74, 6) is -0.140. The average molecular weight is 305 g/mol. The van der Waals surface area contributed by atoms with Crippen LogP contribution < -0.4 is 5.32 Å². The first kappa shape index (κ1) is 14.8. The van der Waals surface area contributed by atoms with Crippen molar-refractivity contribution < 1.29 is 4.79 Å². The number of aryl methyl sites for hydroxylation is 2. The van der Waals surface area contributed by atoms with Crippen LogP contribution in [0.1, 0.15) is 21.9 Å². The molecule has 6 heteroatoms. The molecule has 3 aromatic rings. The van der Waals surface area contributed by atoms with Gasteiger partial charge in [-0.15, -0.1) is 0 Å². The minimum Gasteiger partial charge on any atom is -0.289 e. The lowest BCUT2D eigenvalue weighted by atomic mass is 10.1. The van der Waals surface area contributed by atoms with E-state index >= 15 is 0 Å². The van der Waals surface area contributed by atoms with E-state index in [-0.39, 0.29) is 17.5 Å². The Morgan fingerprint density at radius 3 is 2.43 bits per heavy atom. The molecule has 1 N–H and O–H groups in total. The van der Waals surface area contributed by atoms with Crippen LogP contribution in [0.25, 0.3) is 11.3 Å². The summed E-state index contributed by atoms with van der Waals surface area (Å²) >= 11 is 0. The maximum Gasteiger partial charge on any atom is 0.278 e. The van der Waals surface area contributed by atoms with Crippen molar-refractivity contribution in [1.29, 1.82) is 0 Å². The zero-order valence-electron chi connectivity index (χ0n) is 12.8. The lowest BCUT2D eigenvalue weighted by molar-refractivity contribution is 0.102. The molecule has 0 radical (unpaired) electrons. The second-order valence-corrected chi connectivity index (χ2v) is 5.08. The van der Waals surface area contributed by atoms with Gasteiger partial charge >= 0.3 is 0 Å². The zero-order valence-corrected chi connectivity index (χ0v) is 12.8. The van der Waals surface area contributed by atoms with Gasteiger partial charge in [-0.3, -0.25) is 15.1 Å². The van der Waals surface area contributed by atoms with E-state index in [1.165, 1.54) is 6.20 Å². The van der Waals surface area contributed by atoms with Crippen molar-refractivity contribution in [1.82, 2.24) is 19.9 Å². The van der Waals surface area contributed by atoms with Crippen molar-refractivity contribution in [3.8, 4) is 11.3 Å². The van der Waals surface area contributed by atoms with Crippen LogP contribution in [0.5, 0.6) is 0 Å². The smallest absolute Gasteiger partial charge is 0.278 e. The number of rotatable bonds is 3.